The Morgan fingerprint density at radius 3 is 2.77 bits per heavy atom. The lowest BCUT2D eigenvalue weighted by molar-refractivity contribution is -0.195. The number of nitrogens with zero attached hydrogens (tertiary/aromatic N) is 2. The maximum atomic E-state index is 13.0. The van der Waals surface area contributed by atoms with E-state index >= 15 is 0 Å². The lowest BCUT2D eigenvalue weighted by atomic mass is 9.51. The molecule has 3 amide bonds. The Hall–Kier alpha value is -1.43. The molecule has 1 N–H and O–H groups in total. The fourth-order valence-electron chi connectivity index (χ4n) is 6.22. The highest BCUT2D eigenvalue weighted by Gasteiger charge is 2.72. The predicted molar refractivity (Wildman–Crippen MR) is 76.4 cm³/mol. The fourth-order valence-corrected chi connectivity index (χ4v) is 6.22. The van der Waals surface area contributed by atoms with Gasteiger partial charge in [-0.15, -0.1) is 0 Å². The molecule has 0 radical (unpaired) electrons. The van der Waals surface area contributed by atoms with Crippen LogP contribution in [0.5, 0.6) is 0 Å². The molecular formula is C16H21N3O3. The van der Waals surface area contributed by atoms with Crippen molar-refractivity contribution in [2.75, 3.05) is 26.7 Å². The minimum Gasteiger partial charge on any atom is -0.335 e. The van der Waals surface area contributed by atoms with Crippen LogP contribution in [0.4, 0.5) is 0 Å². The number of rotatable bonds is 0. The van der Waals surface area contributed by atoms with Crippen LogP contribution in [0.25, 0.3) is 0 Å². The highest BCUT2D eigenvalue weighted by Crippen LogP contribution is 2.60. The van der Waals surface area contributed by atoms with Crippen molar-refractivity contribution in [1.29, 1.82) is 0 Å². The number of hydrogen-bond acceptors (Lipinski definition) is 4. The van der Waals surface area contributed by atoms with E-state index in [2.05, 4.69) is 5.32 Å². The van der Waals surface area contributed by atoms with Gasteiger partial charge in [0.15, 0.2) is 0 Å². The Balaban J connectivity index is 1.69. The predicted octanol–water partition coefficient (Wildman–Crippen LogP) is -0.552. The number of imide groups is 1. The monoisotopic (exact) mass is 303 g/mol. The minimum absolute atomic E-state index is 0.0544. The zero-order valence-electron chi connectivity index (χ0n) is 12.7. The maximum Gasteiger partial charge on any atom is 0.235 e. The molecule has 1 spiro atoms. The van der Waals surface area contributed by atoms with Crippen molar-refractivity contribution < 1.29 is 14.4 Å². The molecule has 6 nitrogen and oxygen atoms in total. The summed E-state index contributed by atoms with van der Waals surface area (Å²) in [6.07, 6.45) is 2.73. The van der Waals surface area contributed by atoms with Gasteiger partial charge < -0.3 is 10.2 Å². The summed E-state index contributed by atoms with van der Waals surface area (Å²) in [5.41, 5.74) is -0.405. The third kappa shape index (κ3) is 1.22. The van der Waals surface area contributed by atoms with Gasteiger partial charge in [-0.1, -0.05) is 0 Å². The summed E-state index contributed by atoms with van der Waals surface area (Å²) in [6.45, 7) is 2.58. The average Bonchev–Trinajstić information content (AvgIpc) is 2.76. The fraction of sp³-hybridized carbons (Fsp3) is 0.812. The summed E-state index contributed by atoms with van der Waals surface area (Å²) in [4.78, 5) is 41.6. The smallest absolute Gasteiger partial charge is 0.235 e. The van der Waals surface area contributed by atoms with E-state index in [0.717, 1.165) is 38.9 Å². The zero-order chi connectivity index (χ0) is 15.2. The molecule has 6 aliphatic rings. The van der Waals surface area contributed by atoms with Gasteiger partial charge in [-0.05, 0) is 37.6 Å². The largest absolute Gasteiger partial charge is 0.335 e. The van der Waals surface area contributed by atoms with Crippen molar-refractivity contribution in [2.24, 2.45) is 29.6 Å². The molecule has 5 aliphatic heterocycles. The third-order valence-corrected chi connectivity index (χ3v) is 7.07. The molecule has 6 heteroatoms. The molecule has 0 aromatic rings. The number of piperidine rings is 4. The Morgan fingerprint density at radius 2 is 1.95 bits per heavy atom. The van der Waals surface area contributed by atoms with Gasteiger partial charge in [-0.25, -0.2) is 0 Å². The normalized spacial score (nSPS) is 49.5. The van der Waals surface area contributed by atoms with Crippen molar-refractivity contribution in [3.05, 3.63) is 0 Å². The summed E-state index contributed by atoms with van der Waals surface area (Å²) in [7, 11) is 1.58. The Bertz CT molecular complexity index is 605. The molecule has 118 valence electrons. The number of nitrogens with one attached hydrogen (secondary N) is 1. The Labute approximate surface area is 129 Å². The van der Waals surface area contributed by atoms with Gasteiger partial charge in [-0.3, -0.25) is 19.3 Å². The summed E-state index contributed by atoms with van der Waals surface area (Å²) >= 11 is 0. The number of amides is 3. The number of likely N-dealkylation sites (tertiary alicyclic amines) is 1. The molecule has 22 heavy (non-hydrogen) atoms. The molecule has 6 atom stereocenters. The van der Waals surface area contributed by atoms with E-state index in [1.807, 2.05) is 4.90 Å². The van der Waals surface area contributed by atoms with Crippen LogP contribution in [-0.4, -0.2) is 59.7 Å². The molecule has 6 rings (SSSR count). The summed E-state index contributed by atoms with van der Waals surface area (Å²) in [5, 5.41) is 3.48. The molecule has 0 aromatic heterocycles. The zero-order valence-corrected chi connectivity index (χ0v) is 12.7. The van der Waals surface area contributed by atoms with Gasteiger partial charge in [0.1, 0.15) is 0 Å². The second-order valence-electron chi connectivity index (χ2n) is 7.78. The van der Waals surface area contributed by atoms with Gasteiger partial charge in [0.05, 0.1) is 23.3 Å². The summed E-state index contributed by atoms with van der Waals surface area (Å²) < 4.78 is 0. The topological polar surface area (TPSA) is 69.7 Å². The van der Waals surface area contributed by atoms with Crippen LogP contribution < -0.4 is 5.32 Å². The quantitative estimate of drug-likeness (QED) is 0.610. The molecule has 2 unspecified atom stereocenters. The van der Waals surface area contributed by atoms with E-state index in [-0.39, 0.29) is 29.6 Å². The molecule has 5 saturated heterocycles. The lowest BCUT2D eigenvalue weighted by Gasteiger charge is -2.65. The lowest BCUT2D eigenvalue weighted by Crippen LogP contribution is -2.77. The van der Waals surface area contributed by atoms with Gasteiger partial charge in [-0.2, -0.15) is 0 Å². The highest BCUT2D eigenvalue weighted by molar-refractivity contribution is 6.09. The Kier molecular flexibility index (Phi) is 2.32. The third-order valence-electron chi connectivity index (χ3n) is 7.07. The summed E-state index contributed by atoms with van der Waals surface area (Å²) in [5.74, 6) is -0.197. The Morgan fingerprint density at radius 1 is 1.14 bits per heavy atom. The molecule has 6 fully saturated rings. The molecule has 0 aromatic carbocycles. The average molecular weight is 303 g/mol. The van der Waals surface area contributed by atoms with Crippen LogP contribution in [0, 0.1) is 29.6 Å². The first kappa shape index (κ1) is 13.0. The van der Waals surface area contributed by atoms with Crippen molar-refractivity contribution in [3.8, 4) is 0 Å². The van der Waals surface area contributed by atoms with Crippen LogP contribution in [0.3, 0.4) is 0 Å². The first-order valence-electron chi connectivity index (χ1n) is 8.39. The minimum atomic E-state index is -0.405. The van der Waals surface area contributed by atoms with Crippen molar-refractivity contribution in [2.45, 2.75) is 24.8 Å². The van der Waals surface area contributed by atoms with Gasteiger partial charge in [0.25, 0.3) is 0 Å². The molecule has 1 saturated carbocycles. The van der Waals surface area contributed by atoms with Crippen LogP contribution in [0.15, 0.2) is 0 Å². The SMILES string of the molecule is CN1C(=O)[C@H]2[C@H]3CC[C@@]4(C5CNCC(C5)CN4C3=O)[C@H]2C1=O. The van der Waals surface area contributed by atoms with Crippen LogP contribution in [-0.2, 0) is 14.4 Å². The number of fused-ring (bicyclic) bond motifs is 3. The number of carbonyl (C=O) groups excluding carboxylic acids is 3. The highest BCUT2D eigenvalue weighted by atomic mass is 16.2. The molecule has 1 aliphatic carbocycles. The van der Waals surface area contributed by atoms with Gasteiger partial charge in [0.2, 0.25) is 17.7 Å². The van der Waals surface area contributed by atoms with E-state index in [1.165, 1.54) is 4.90 Å². The van der Waals surface area contributed by atoms with Gasteiger partial charge >= 0.3 is 0 Å². The number of hydrogen-bond donors (Lipinski definition) is 1. The molecule has 5 heterocycles. The maximum absolute atomic E-state index is 13.0. The van der Waals surface area contributed by atoms with E-state index in [1.54, 1.807) is 7.05 Å². The standard InChI is InChI=1S/C16H21N3O3/c1-18-14(21)11-10-2-3-16(12(11)15(18)22)9-4-8(5-17-6-9)7-19(16)13(10)20/h8-12,17H,2-7H2,1H3/t8?,9?,10-,11+,12-,16-/m1/s1. The van der Waals surface area contributed by atoms with Crippen LogP contribution in [0.2, 0.25) is 0 Å². The second kappa shape index (κ2) is 3.91. The van der Waals surface area contributed by atoms with Gasteiger partial charge in [0, 0.05) is 20.1 Å². The van der Waals surface area contributed by atoms with E-state index in [9.17, 15) is 14.4 Å². The van der Waals surface area contributed by atoms with Crippen molar-refractivity contribution in [3.63, 3.8) is 0 Å². The van der Waals surface area contributed by atoms with Crippen LogP contribution >= 0.6 is 0 Å². The van der Waals surface area contributed by atoms with E-state index in [0.29, 0.717) is 11.8 Å². The van der Waals surface area contributed by atoms with E-state index in [4.69, 9.17) is 0 Å². The molecular weight excluding hydrogens is 282 g/mol. The first-order chi connectivity index (χ1) is 10.6. The number of carbonyl (C=O) groups is 3. The first-order valence-corrected chi connectivity index (χ1v) is 8.39. The van der Waals surface area contributed by atoms with Crippen molar-refractivity contribution in [1.82, 2.24) is 15.1 Å². The van der Waals surface area contributed by atoms with Crippen molar-refractivity contribution >= 4 is 17.7 Å². The van der Waals surface area contributed by atoms with Crippen LogP contribution in [0.1, 0.15) is 19.3 Å². The molecule has 4 bridgehead atoms. The van der Waals surface area contributed by atoms with E-state index < -0.39 is 11.5 Å². The second-order valence-corrected chi connectivity index (χ2v) is 7.78. The summed E-state index contributed by atoms with van der Waals surface area (Å²) in [6, 6.07) is 0.